The van der Waals surface area contributed by atoms with E-state index >= 15 is 0 Å². The number of hydrogen-bond acceptors (Lipinski definition) is 4. The topological polar surface area (TPSA) is 72.9 Å². The van der Waals surface area contributed by atoms with Crippen LogP contribution in [0, 0.1) is 12.8 Å². The van der Waals surface area contributed by atoms with Crippen LogP contribution in [0.3, 0.4) is 0 Å². The lowest BCUT2D eigenvalue weighted by atomic mass is 9.92. The second-order valence-electron chi connectivity index (χ2n) is 9.48. The average Bonchev–Trinajstić information content (AvgIpc) is 2.84. The Balaban J connectivity index is 1.36. The van der Waals surface area contributed by atoms with Gasteiger partial charge in [0.2, 0.25) is 0 Å². The number of hydrogen-bond donors (Lipinski definition) is 2. The molecule has 2 N–H and O–H groups in total. The van der Waals surface area contributed by atoms with Gasteiger partial charge in [0.1, 0.15) is 0 Å². The number of carbonyl (C=O) groups excluding carboxylic acids is 1. The highest BCUT2D eigenvalue weighted by molar-refractivity contribution is 6.05. The molecule has 0 unspecified atom stereocenters. The minimum atomic E-state index is -0.969. The van der Waals surface area contributed by atoms with E-state index in [-0.39, 0.29) is 11.5 Å². The largest absolute Gasteiger partial charge is 0.478 e. The van der Waals surface area contributed by atoms with E-state index in [0.717, 1.165) is 37.2 Å². The predicted molar refractivity (Wildman–Crippen MR) is 132 cm³/mol. The zero-order chi connectivity index (χ0) is 23.2. The molecular formula is C27H35N3O3. The van der Waals surface area contributed by atoms with Crippen molar-refractivity contribution in [1.82, 2.24) is 4.90 Å². The Morgan fingerprint density at radius 2 is 1.67 bits per heavy atom. The zero-order valence-electron chi connectivity index (χ0n) is 19.6. The fourth-order valence-electron chi connectivity index (χ4n) is 4.98. The van der Waals surface area contributed by atoms with Crippen LogP contribution in [0.15, 0.2) is 42.5 Å². The molecule has 0 bridgehead atoms. The van der Waals surface area contributed by atoms with Crippen molar-refractivity contribution in [2.75, 3.05) is 42.9 Å². The normalized spacial score (nSPS) is 17.7. The van der Waals surface area contributed by atoms with Crippen LogP contribution in [0.1, 0.15) is 64.8 Å². The highest BCUT2D eigenvalue weighted by atomic mass is 16.4. The number of aromatic carboxylic acids is 1. The summed E-state index contributed by atoms with van der Waals surface area (Å²) in [5, 5.41) is 12.7. The molecule has 2 aliphatic rings. The number of likely N-dealkylation sites (tertiary alicyclic amines) is 1. The number of nitrogens with one attached hydrogen (secondary N) is 1. The number of carboxylic acid groups (broad SMARTS) is 1. The van der Waals surface area contributed by atoms with Gasteiger partial charge in [-0.3, -0.25) is 4.79 Å². The summed E-state index contributed by atoms with van der Waals surface area (Å²) in [7, 11) is 0. The number of carbonyl (C=O) groups is 2. The molecule has 2 aromatic rings. The van der Waals surface area contributed by atoms with E-state index in [4.69, 9.17) is 0 Å². The number of amides is 1. The Kier molecular flexibility index (Phi) is 7.65. The number of piperidine rings is 2. The maximum absolute atomic E-state index is 12.5. The highest BCUT2D eigenvalue weighted by Gasteiger charge is 2.24. The molecule has 0 spiro atoms. The minimum absolute atomic E-state index is 0.239. The number of benzene rings is 2. The summed E-state index contributed by atoms with van der Waals surface area (Å²) < 4.78 is 0. The van der Waals surface area contributed by atoms with Crippen molar-refractivity contribution in [2.24, 2.45) is 5.92 Å². The molecule has 33 heavy (non-hydrogen) atoms. The van der Waals surface area contributed by atoms with E-state index in [0.29, 0.717) is 17.2 Å². The fraction of sp³-hybridized carbons (Fsp3) is 0.481. The summed E-state index contributed by atoms with van der Waals surface area (Å²) >= 11 is 0. The van der Waals surface area contributed by atoms with Gasteiger partial charge in [-0.25, -0.2) is 4.79 Å². The van der Waals surface area contributed by atoms with E-state index in [1.54, 1.807) is 24.3 Å². The first-order valence-corrected chi connectivity index (χ1v) is 12.2. The Morgan fingerprint density at radius 3 is 2.33 bits per heavy atom. The number of nitrogens with zero attached hydrogens (tertiary/aromatic N) is 2. The van der Waals surface area contributed by atoms with Crippen LogP contribution in [-0.2, 0) is 0 Å². The smallest absolute Gasteiger partial charge is 0.337 e. The van der Waals surface area contributed by atoms with Gasteiger partial charge in [-0.05, 0) is 94.9 Å². The third-order valence-electron chi connectivity index (χ3n) is 7.06. The van der Waals surface area contributed by atoms with E-state index < -0.39 is 5.97 Å². The van der Waals surface area contributed by atoms with E-state index in [1.807, 2.05) is 25.1 Å². The molecule has 0 aliphatic carbocycles. The summed E-state index contributed by atoms with van der Waals surface area (Å²) in [4.78, 5) is 29.3. The molecule has 176 valence electrons. The van der Waals surface area contributed by atoms with Crippen molar-refractivity contribution in [3.05, 3.63) is 59.2 Å². The monoisotopic (exact) mass is 449 g/mol. The Bertz CT molecular complexity index is 959. The second-order valence-corrected chi connectivity index (χ2v) is 9.48. The maximum Gasteiger partial charge on any atom is 0.337 e. The molecule has 0 saturated carbocycles. The van der Waals surface area contributed by atoms with E-state index in [1.165, 1.54) is 45.3 Å². The van der Waals surface area contributed by atoms with Gasteiger partial charge in [0.05, 0.1) is 11.3 Å². The Labute approximate surface area is 196 Å². The van der Waals surface area contributed by atoms with Gasteiger partial charge in [-0.1, -0.05) is 24.1 Å². The summed E-state index contributed by atoms with van der Waals surface area (Å²) in [6.07, 6.45) is 7.46. The number of carboxylic acids is 1. The third-order valence-corrected chi connectivity index (χ3v) is 7.06. The van der Waals surface area contributed by atoms with Crippen molar-refractivity contribution in [3.63, 3.8) is 0 Å². The first kappa shape index (κ1) is 23.3. The van der Waals surface area contributed by atoms with Gasteiger partial charge in [0, 0.05) is 24.3 Å². The molecule has 2 saturated heterocycles. The van der Waals surface area contributed by atoms with Crippen molar-refractivity contribution in [3.8, 4) is 0 Å². The van der Waals surface area contributed by atoms with Crippen molar-refractivity contribution in [1.29, 1.82) is 0 Å². The Morgan fingerprint density at radius 1 is 0.970 bits per heavy atom. The van der Waals surface area contributed by atoms with Crippen LogP contribution in [0.5, 0.6) is 0 Å². The van der Waals surface area contributed by atoms with Gasteiger partial charge >= 0.3 is 5.97 Å². The molecule has 2 heterocycles. The average molecular weight is 450 g/mol. The molecule has 0 aromatic heterocycles. The first-order valence-electron chi connectivity index (χ1n) is 12.2. The van der Waals surface area contributed by atoms with E-state index in [2.05, 4.69) is 15.1 Å². The van der Waals surface area contributed by atoms with Crippen molar-refractivity contribution < 1.29 is 14.7 Å². The summed E-state index contributed by atoms with van der Waals surface area (Å²) in [5.74, 6) is -0.498. The zero-order valence-corrected chi connectivity index (χ0v) is 19.6. The fourth-order valence-corrected chi connectivity index (χ4v) is 4.98. The second kappa shape index (κ2) is 10.8. The SMILES string of the molecule is Cc1ccc(C(=O)Nc2ccc(N3CCC(CCN4CCCCC4)CC3)c(C(=O)O)c2)cc1. The first-order chi connectivity index (χ1) is 16.0. The third kappa shape index (κ3) is 6.14. The van der Waals surface area contributed by atoms with Crippen molar-refractivity contribution >= 4 is 23.3 Å². The Hall–Kier alpha value is -2.86. The van der Waals surface area contributed by atoms with Crippen molar-refractivity contribution in [2.45, 2.75) is 45.4 Å². The van der Waals surface area contributed by atoms with Crippen LogP contribution in [-0.4, -0.2) is 54.6 Å². The van der Waals surface area contributed by atoms with Crippen LogP contribution in [0.25, 0.3) is 0 Å². The number of aryl methyl sites for hydroxylation is 1. The lowest BCUT2D eigenvalue weighted by Crippen LogP contribution is -2.37. The number of rotatable bonds is 7. The van der Waals surface area contributed by atoms with Crippen LogP contribution in [0.2, 0.25) is 0 Å². The molecule has 2 aromatic carbocycles. The van der Waals surface area contributed by atoms with Crippen LogP contribution < -0.4 is 10.2 Å². The quantitative estimate of drug-likeness (QED) is 0.620. The van der Waals surface area contributed by atoms with Crippen LogP contribution >= 0.6 is 0 Å². The summed E-state index contributed by atoms with van der Waals surface area (Å²) in [5.41, 5.74) is 3.11. The van der Waals surface area contributed by atoms with Gasteiger partial charge in [0.15, 0.2) is 0 Å². The predicted octanol–water partition coefficient (Wildman–Crippen LogP) is 5.04. The number of anilines is 2. The molecule has 4 rings (SSSR count). The molecule has 0 radical (unpaired) electrons. The minimum Gasteiger partial charge on any atom is -0.478 e. The lowest BCUT2D eigenvalue weighted by Gasteiger charge is -2.35. The molecular weight excluding hydrogens is 414 g/mol. The summed E-state index contributed by atoms with van der Waals surface area (Å²) in [6.45, 7) is 7.40. The van der Waals surface area contributed by atoms with Gasteiger partial charge in [-0.15, -0.1) is 0 Å². The highest BCUT2D eigenvalue weighted by Crippen LogP contribution is 2.30. The molecule has 1 amide bonds. The summed E-state index contributed by atoms with van der Waals surface area (Å²) in [6, 6.07) is 12.5. The van der Waals surface area contributed by atoms with Gasteiger partial charge < -0.3 is 20.2 Å². The van der Waals surface area contributed by atoms with Crippen LogP contribution in [0.4, 0.5) is 11.4 Å². The maximum atomic E-state index is 12.5. The molecule has 0 atom stereocenters. The van der Waals surface area contributed by atoms with E-state index in [9.17, 15) is 14.7 Å². The molecule has 6 nitrogen and oxygen atoms in total. The molecule has 2 fully saturated rings. The lowest BCUT2D eigenvalue weighted by molar-refractivity contribution is 0.0697. The molecule has 2 aliphatic heterocycles. The standard InChI is InChI=1S/C27H35N3O3/c1-20-5-7-22(8-6-20)26(31)28-23-9-10-25(24(19-23)27(32)33)30-17-12-21(13-18-30)11-16-29-14-3-2-4-15-29/h5-10,19,21H,2-4,11-18H2,1H3,(H,28,31)(H,32,33). The van der Waals surface area contributed by atoms with Gasteiger partial charge in [0.25, 0.3) is 5.91 Å². The van der Waals surface area contributed by atoms with Gasteiger partial charge in [-0.2, -0.15) is 0 Å². The molecule has 6 heteroatoms.